The molecular weight excluding hydrogens is 360 g/mol. The van der Waals surface area contributed by atoms with E-state index >= 15 is 0 Å². The van der Waals surface area contributed by atoms with E-state index in [2.05, 4.69) is 5.32 Å². The van der Waals surface area contributed by atoms with Gasteiger partial charge in [0.15, 0.2) is 0 Å². The van der Waals surface area contributed by atoms with E-state index in [-0.39, 0.29) is 23.4 Å². The van der Waals surface area contributed by atoms with Crippen molar-refractivity contribution in [2.75, 3.05) is 10.8 Å². The molecule has 1 amide bonds. The van der Waals surface area contributed by atoms with E-state index in [4.69, 9.17) is 0 Å². The molecule has 0 aromatic heterocycles. The van der Waals surface area contributed by atoms with Gasteiger partial charge in [-0.1, -0.05) is 42.8 Å². The smallest absolute Gasteiger partial charge is 0.264 e. The normalized spacial score (nSPS) is 23.9. The Morgan fingerprint density at radius 1 is 0.963 bits per heavy atom. The topological polar surface area (TPSA) is 66.5 Å². The second-order valence-electron chi connectivity index (χ2n) is 7.51. The summed E-state index contributed by atoms with van der Waals surface area (Å²) in [6, 6.07) is 17.2. The van der Waals surface area contributed by atoms with Crippen molar-refractivity contribution in [2.45, 2.75) is 36.6 Å². The number of sulfonamides is 1. The lowest BCUT2D eigenvalue weighted by Crippen LogP contribution is -2.45. The van der Waals surface area contributed by atoms with Crippen molar-refractivity contribution >= 4 is 21.6 Å². The minimum absolute atomic E-state index is 0.182. The number of para-hydroxylation sites is 1. The second kappa shape index (κ2) is 7.35. The van der Waals surface area contributed by atoms with Gasteiger partial charge in [-0.3, -0.25) is 9.10 Å². The van der Waals surface area contributed by atoms with Crippen LogP contribution in [0.3, 0.4) is 0 Å². The van der Waals surface area contributed by atoms with Crippen LogP contribution >= 0.6 is 0 Å². The van der Waals surface area contributed by atoms with Gasteiger partial charge >= 0.3 is 0 Å². The Morgan fingerprint density at radius 2 is 1.63 bits per heavy atom. The van der Waals surface area contributed by atoms with Crippen LogP contribution in [0.1, 0.15) is 25.7 Å². The number of fused-ring (bicyclic) bond motifs is 2. The lowest BCUT2D eigenvalue weighted by atomic mass is 9.95. The number of benzene rings is 2. The number of rotatable bonds is 6. The van der Waals surface area contributed by atoms with Gasteiger partial charge in [-0.05, 0) is 55.4 Å². The Bertz CT molecular complexity index is 900. The molecule has 142 valence electrons. The van der Waals surface area contributed by atoms with Crippen molar-refractivity contribution in [1.82, 2.24) is 5.32 Å². The molecule has 2 aromatic carbocycles. The molecule has 2 aromatic rings. The molecule has 1 N–H and O–H groups in total. The molecule has 6 heteroatoms. The monoisotopic (exact) mass is 384 g/mol. The van der Waals surface area contributed by atoms with Gasteiger partial charge in [0, 0.05) is 6.04 Å². The van der Waals surface area contributed by atoms with E-state index in [9.17, 15) is 13.2 Å². The van der Waals surface area contributed by atoms with Gasteiger partial charge in [0.25, 0.3) is 10.0 Å². The molecule has 2 aliphatic rings. The first kappa shape index (κ1) is 18.0. The molecular formula is C21H24N2O3S. The van der Waals surface area contributed by atoms with Crippen molar-refractivity contribution in [3.05, 3.63) is 60.7 Å². The predicted octanol–water partition coefficient (Wildman–Crippen LogP) is 3.19. The summed E-state index contributed by atoms with van der Waals surface area (Å²) in [6.45, 7) is -0.213. The number of nitrogens with zero attached hydrogens (tertiary/aromatic N) is 1. The number of hydrogen-bond acceptors (Lipinski definition) is 3. The Labute approximate surface area is 160 Å². The van der Waals surface area contributed by atoms with Gasteiger partial charge in [0.1, 0.15) is 6.54 Å². The van der Waals surface area contributed by atoms with Crippen LogP contribution in [0.2, 0.25) is 0 Å². The average molecular weight is 385 g/mol. The van der Waals surface area contributed by atoms with E-state index in [1.165, 1.54) is 23.6 Å². The average Bonchev–Trinajstić information content (AvgIpc) is 3.30. The fourth-order valence-corrected chi connectivity index (χ4v) is 5.88. The fourth-order valence-electron chi connectivity index (χ4n) is 4.43. The molecule has 0 heterocycles. The Balaban J connectivity index is 1.56. The van der Waals surface area contributed by atoms with E-state index in [1.54, 1.807) is 54.6 Å². The Kier molecular flexibility index (Phi) is 4.91. The van der Waals surface area contributed by atoms with Gasteiger partial charge in [-0.25, -0.2) is 8.42 Å². The zero-order chi connectivity index (χ0) is 18.9. The molecule has 2 aliphatic carbocycles. The minimum atomic E-state index is -3.82. The highest BCUT2D eigenvalue weighted by Crippen LogP contribution is 2.44. The molecule has 2 bridgehead atoms. The number of carbonyl (C=O) groups is 1. The highest BCUT2D eigenvalue weighted by atomic mass is 32.2. The Hall–Kier alpha value is -2.34. The van der Waals surface area contributed by atoms with Crippen LogP contribution in [-0.4, -0.2) is 26.9 Å². The largest absolute Gasteiger partial charge is 0.352 e. The van der Waals surface area contributed by atoms with Crippen LogP contribution in [0.5, 0.6) is 0 Å². The van der Waals surface area contributed by atoms with Gasteiger partial charge in [0.2, 0.25) is 5.91 Å². The maximum Gasteiger partial charge on any atom is 0.264 e. The van der Waals surface area contributed by atoms with Gasteiger partial charge in [-0.2, -0.15) is 0 Å². The molecule has 0 aliphatic heterocycles. The maximum atomic E-state index is 13.2. The molecule has 0 unspecified atom stereocenters. The summed E-state index contributed by atoms with van der Waals surface area (Å²) in [4.78, 5) is 12.9. The first-order valence-corrected chi connectivity index (χ1v) is 10.9. The lowest BCUT2D eigenvalue weighted by Gasteiger charge is -2.27. The fraction of sp³-hybridized carbons (Fsp3) is 0.381. The summed E-state index contributed by atoms with van der Waals surface area (Å²) in [7, 11) is -3.82. The van der Waals surface area contributed by atoms with E-state index in [1.807, 2.05) is 6.07 Å². The Morgan fingerprint density at radius 3 is 2.22 bits per heavy atom. The third-order valence-electron chi connectivity index (χ3n) is 5.75. The van der Waals surface area contributed by atoms with Gasteiger partial charge in [0.05, 0.1) is 10.6 Å². The van der Waals surface area contributed by atoms with Crippen LogP contribution in [0.15, 0.2) is 65.6 Å². The molecule has 2 saturated carbocycles. The predicted molar refractivity (Wildman–Crippen MR) is 105 cm³/mol. The first-order chi connectivity index (χ1) is 13.0. The molecule has 27 heavy (non-hydrogen) atoms. The second-order valence-corrected chi connectivity index (χ2v) is 9.37. The van der Waals surface area contributed by atoms with Crippen LogP contribution in [-0.2, 0) is 14.8 Å². The van der Waals surface area contributed by atoms with Crippen LogP contribution in [0.4, 0.5) is 5.69 Å². The minimum Gasteiger partial charge on any atom is -0.352 e. The van der Waals surface area contributed by atoms with Crippen molar-refractivity contribution in [3.8, 4) is 0 Å². The summed E-state index contributed by atoms with van der Waals surface area (Å²) in [5, 5.41) is 3.09. The van der Waals surface area contributed by atoms with E-state index < -0.39 is 10.0 Å². The highest BCUT2D eigenvalue weighted by Gasteiger charge is 2.40. The molecule has 0 spiro atoms. The zero-order valence-corrected chi connectivity index (χ0v) is 15.9. The quantitative estimate of drug-likeness (QED) is 0.832. The molecule has 2 fully saturated rings. The van der Waals surface area contributed by atoms with Crippen LogP contribution in [0, 0.1) is 11.8 Å². The molecule has 3 atom stereocenters. The number of nitrogens with one attached hydrogen (secondary N) is 1. The zero-order valence-electron chi connectivity index (χ0n) is 15.1. The summed E-state index contributed by atoms with van der Waals surface area (Å²) >= 11 is 0. The summed E-state index contributed by atoms with van der Waals surface area (Å²) in [5.41, 5.74) is 0.490. The highest BCUT2D eigenvalue weighted by molar-refractivity contribution is 7.92. The van der Waals surface area contributed by atoms with Gasteiger partial charge in [-0.15, -0.1) is 0 Å². The van der Waals surface area contributed by atoms with Crippen LogP contribution < -0.4 is 9.62 Å². The number of anilines is 1. The summed E-state index contributed by atoms with van der Waals surface area (Å²) < 4.78 is 27.6. The first-order valence-electron chi connectivity index (χ1n) is 9.46. The molecule has 5 nitrogen and oxygen atoms in total. The number of hydrogen-bond donors (Lipinski definition) is 1. The lowest BCUT2D eigenvalue weighted by molar-refractivity contribution is -0.120. The number of amides is 1. The summed E-state index contributed by atoms with van der Waals surface area (Å²) in [6.07, 6.45) is 4.64. The van der Waals surface area contributed by atoms with E-state index in [0.717, 1.165) is 12.3 Å². The number of carbonyl (C=O) groups excluding carboxylic acids is 1. The van der Waals surface area contributed by atoms with Crippen LogP contribution in [0.25, 0.3) is 0 Å². The summed E-state index contributed by atoms with van der Waals surface area (Å²) in [5.74, 6) is 1.03. The molecule has 0 radical (unpaired) electrons. The molecule has 4 rings (SSSR count). The molecule has 0 saturated heterocycles. The van der Waals surface area contributed by atoms with Crippen molar-refractivity contribution < 1.29 is 13.2 Å². The maximum absolute atomic E-state index is 13.2. The third-order valence-corrected chi connectivity index (χ3v) is 7.54. The SMILES string of the molecule is O=C(CN(c1ccccc1)S(=O)(=O)c1ccccc1)N[C@@H]1C[C@@H]2CC[C@@H]1C2. The van der Waals surface area contributed by atoms with E-state index in [0.29, 0.717) is 11.6 Å². The van der Waals surface area contributed by atoms with Gasteiger partial charge < -0.3 is 5.32 Å². The van der Waals surface area contributed by atoms with Crippen molar-refractivity contribution in [2.24, 2.45) is 11.8 Å². The van der Waals surface area contributed by atoms with Crippen molar-refractivity contribution in [3.63, 3.8) is 0 Å². The third kappa shape index (κ3) is 3.72. The standard InChI is InChI=1S/C21H24N2O3S/c24-21(22-20-14-16-11-12-17(20)13-16)15-23(18-7-3-1-4-8-18)27(25,26)19-9-5-2-6-10-19/h1-10,16-17,20H,11-15H2,(H,22,24)/t16-,17-,20-/m1/s1. The van der Waals surface area contributed by atoms with Crippen molar-refractivity contribution in [1.29, 1.82) is 0 Å².